The van der Waals surface area contributed by atoms with E-state index in [2.05, 4.69) is 24.5 Å². The molecule has 0 aromatic carbocycles. The molecule has 0 heterocycles. The molecule has 2 amide bonds. The molecule has 0 bridgehead atoms. The molecule has 1 aliphatic carbocycles. The average molecular weight is 242 g/mol. The van der Waals surface area contributed by atoms with E-state index in [1.807, 2.05) is 0 Å². The van der Waals surface area contributed by atoms with Gasteiger partial charge in [0.15, 0.2) is 0 Å². The lowest BCUT2D eigenvalue weighted by atomic mass is 9.77. The summed E-state index contributed by atoms with van der Waals surface area (Å²) < 4.78 is 0. The van der Waals surface area contributed by atoms with E-state index in [1.54, 1.807) is 0 Å². The van der Waals surface area contributed by atoms with E-state index in [1.165, 1.54) is 0 Å². The molecule has 0 aliphatic heterocycles. The fourth-order valence-corrected chi connectivity index (χ4v) is 1.90. The maximum atomic E-state index is 11.5. The van der Waals surface area contributed by atoms with Gasteiger partial charge in [0.2, 0.25) is 0 Å². The first-order valence-corrected chi connectivity index (χ1v) is 6.26. The summed E-state index contributed by atoms with van der Waals surface area (Å²) in [6.45, 7) is 4.86. The molecule has 0 radical (unpaired) electrons. The first-order chi connectivity index (χ1) is 7.96. The van der Waals surface area contributed by atoms with Crippen LogP contribution in [-0.4, -0.2) is 29.2 Å². The lowest BCUT2D eigenvalue weighted by Gasteiger charge is -2.38. The Labute approximate surface area is 102 Å². The van der Waals surface area contributed by atoms with Crippen LogP contribution in [0.1, 0.15) is 46.0 Å². The van der Waals surface area contributed by atoms with Crippen molar-refractivity contribution in [1.82, 2.24) is 10.6 Å². The van der Waals surface area contributed by atoms with Gasteiger partial charge < -0.3 is 15.7 Å². The van der Waals surface area contributed by atoms with Gasteiger partial charge in [0.1, 0.15) is 5.54 Å². The minimum absolute atomic E-state index is 0.365. The largest absolute Gasteiger partial charge is 0.480 e. The Bertz CT molecular complexity index is 285. The highest BCUT2D eigenvalue weighted by molar-refractivity contribution is 5.87. The zero-order valence-corrected chi connectivity index (χ0v) is 10.6. The lowest BCUT2D eigenvalue weighted by molar-refractivity contribution is -0.148. The number of carboxylic acids is 1. The van der Waals surface area contributed by atoms with Crippen molar-refractivity contribution in [3.05, 3.63) is 0 Å². The van der Waals surface area contributed by atoms with Gasteiger partial charge in [-0.25, -0.2) is 9.59 Å². The SMILES string of the molecule is CC(C)CCCNC(=O)NC1(C(=O)O)CCC1. The quantitative estimate of drug-likeness (QED) is 0.621. The minimum atomic E-state index is -1.01. The van der Waals surface area contributed by atoms with Crippen LogP contribution in [0.25, 0.3) is 0 Å². The lowest BCUT2D eigenvalue weighted by Crippen LogP contribution is -2.61. The molecule has 0 unspecified atom stereocenters. The number of hydrogen-bond donors (Lipinski definition) is 3. The second-order valence-corrected chi connectivity index (χ2v) is 5.16. The Hall–Kier alpha value is -1.26. The number of aliphatic carboxylic acids is 1. The third kappa shape index (κ3) is 3.91. The van der Waals surface area contributed by atoms with Crippen molar-refractivity contribution in [3.8, 4) is 0 Å². The third-order valence-corrected chi connectivity index (χ3v) is 3.21. The van der Waals surface area contributed by atoms with E-state index in [0.29, 0.717) is 25.3 Å². The van der Waals surface area contributed by atoms with E-state index < -0.39 is 11.5 Å². The number of carboxylic acid groups (broad SMARTS) is 1. The van der Waals surface area contributed by atoms with Gasteiger partial charge in [-0.05, 0) is 38.0 Å². The van der Waals surface area contributed by atoms with Gasteiger partial charge in [-0.2, -0.15) is 0 Å². The van der Waals surface area contributed by atoms with Gasteiger partial charge >= 0.3 is 12.0 Å². The fraction of sp³-hybridized carbons (Fsp3) is 0.833. The zero-order chi connectivity index (χ0) is 12.9. The molecule has 17 heavy (non-hydrogen) atoms. The molecule has 0 atom stereocenters. The molecule has 98 valence electrons. The summed E-state index contributed by atoms with van der Waals surface area (Å²) in [5.74, 6) is -0.307. The van der Waals surface area contributed by atoms with Gasteiger partial charge in [0.25, 0.3) is 0 Å². The molecule has 0 aromatic rings. The molecule has 5 heteroatoms. The standard InChI is InChI=1S/C12H22N2O3/c1-9(2)5-3-8-13-11(17)14-12(10(15)16)6-4-7-12/h9H,3-8H2,1-2H3,(H,15,16)(H2,13,14,17). The Morgan fingerprint density at radius 3 is 2.41 bits per heavy atom. The first kappa shape index (κ1) is 13.8. The predicted molar refractivity (Wildman–Crippen MR) is 64.8 cm³/mol. The fourth-order valence-electron chi connectivity index (χ4n) is 1.90. The molecule has 0 spiro atoms. The first-order valence-electron chi connectivity index (χ1n) is 6.26. The number of nitrogens with one attached hydrogen (secondary N) is 2. The Kier molecular flexibility index (Phi) is 4.78. The maximum absolute atomic E-state index is 11.5. The monoisotopic (exact) mass is 242 g/mol. The summed E-state index contributed by atoms with van der Waals surface area (Å²) in [7, 11) is 0. The van der Waals surface area contributed by atoms with E-state index in [4.69, 9.17) is 5.11 Å². The van der Waals surface area contributed by atoms with Gasteiger partial charge in [-0.1, -0.05) is 13.8 Å². The van der Waals surface area contributed by atoms with Crippen molar-refractivity contribution in [2.45, 2.75) is 51.5 Å². The molecule has 1 rings (SSSR count). The normalized spacial score (nSPS) is 17.4. The highest BCUT2D eigenvalue weighted by Crippen LogP contribution is 2.31. The van der Waals surface area contributed by atoms with Crippen LogP contribution in [0.15, 0.2) is 0 Å². The third-order valence-electron chi connectivity index (χ3n) is 3.21. The van der Waals surface area contributed by atoms with Crippen molar-refractivity contribution in [2.24, 2.45) is 5.92 Å². The summed E-state index contributed by atoms with van der Waals surface area (Å²) in [5, 5.41) is 14.3. The smallest absolute Gasteiger partial charge is 0.329 e. The van der Waals surface area contributed by atoms with E-state index in [9.17, 15) is 9.59 Å². The van der Waals surface area contributed by atoms with E-state index in [0.717, 1.165) is 19.3 Å². The Morgan fingerprint density at radius 1 is 1.35 bits per heavy atom. The number of rotatable bonds is 6. The second-order valence-electron chi connectivity index (χ2n) is 5.16. The van der Waals surface area contributed by atoms with Crippen molar-refractivity contribution in [1.29, 1.82) is 0 Å². The molecule has 0 saturated heterocycles. The van der Waals surface area contributed by atoms with E-state index in [-0.39, 0.29) is 6.03 Å². The van der Waals surface area contributed by atoms with Crippen LogP contribution in [0.4, 0.5) is 4.79 Å². The van der Waals surface area contributed by atoms with Crippen molar-refractivity contribution < 1.29 is 14.7 Å². The summed E-state index contributed by atoms with van der Waals surface area (Å²) in [4.78, 5) is 22.5. The summed E-state index contributed by atoms with van der Waals surface area (Å²) in [6.07, 6.45) is 3.90. The number of urea groups is 1. The number of carbonyl (C=O) groups is 2. The average Bonchev–Trinajstić information content (AvgIpc) is 2.17. The molecule has 1 fully saturated rings. The topological polar surface area (TPSA) is 78.4 Å². The van der Waals surface area contributed by atoms with Crippen molar-refractivity contribution in [2.75, 3.05) is 6.54 Å². The summed E-state index contributed by atoms with van der Waals surface area (Å²) >= 11 is 0. The Balaban J connectivity index is 2.22. The van der Waals surface area contributed by atoms with Gasteiger partial charge in [0.05, 0.1) is 0 Å². The van der Waals surface area contributed by atoms with Gasteiger partial charge in [-0.3, -0.25) is 0 Å². The zero-order valence-electron chi connectivity index (χ0n) is 10.6. The Morgan fingerprint density at radius 2 is 2.00 bits per heavy atom. The van der Waals surface area contributed by atoms with Crippen LogP contribution in [0.5, 0.6) is 0 Å². The second kappa shape index (κ2) is 5.89. The van der Waals surface area contributed by atoms with Gasteiger partial charge in [0, 0.05) is 6.54 Å². The summed E-state index contributed by atoms with van der Waals surface area (Å²) in [6, 6.07) is -0.365. The number of carbonyl (C=O) groups excluding carboxylic acids is 1. The molecular weight excluding hydrogens is 220 g/mol. The molecule has 0 aromatic heterocycles. The minimum Gasteiger partial charge on any atom is -0.480 e. The van der Waals surface area contributed by atoms with Crippen LogP contribution in [0.2, 0.25) is 0 Å². The van der Waals surface area contributed by atoms with E-state index >= 15 is 0 Å². The molecule has 1 aliphatic rings. The van der Waals surface area contributed by atoms with Crippen molar-refractivity contribution >= 4 is 12.0 Å². The molecular formula is C12H22N2O3. The van der Waals surface area contributed by atoms with Crippen molar-refractivity contribution in [3.63, 3.8) is 0 Å². The highest BCUT2D eigenvalue weighted by atomic mass is 16.4. The molecule has 3 N–H and O–H groups in total. The molecule has 5 nitrogen and oxygen atoms in total. The highest BCUT2D eigenvalue weighted by Gasteiger charge is 2.45. The number of hydrogen-bond acceptors (Lipinski definition) is 2. The van der Waals surface area contributed by atoms with Crippen LogP contribution in [0.3, 0.4) is 0 Å². The number of amides is 2. The van der Waals surface area contributed by atoms with Crippen LogP contribution < -0.4 is 10.6 Å². The van der Waals surface area contributed by atoms with Gasteiger partial charge in [-0.15, -0.1) is 0 Å². The predicted octanol–water partition coefficient (Wildman–Crippen LogP) is 1.73. The maximum Gasteiger partial charge on any atom is 0.329 e. The van der Waals surface area contributed by atoms with Crippen LogP contribution >= 0.6 is 0 Å². The molecule has 1 saturated carbocycles. The van der Waals surface area contributed by atoms with Crippen LogP contribution in [-0.2, 0) is 4.79 Å². The van der Waals surface area contributed by atoms with Crippen LogP contribution in [0, 0.1) is 5.92 Å². The summed E-state index contributed by atoms with van der Waals surface area (Å²) in [5.41, 5.74) is -1.01.